The maximum absolute atomic E-state index is 12.2. The van der Waals surface area contributed by atoms with Crippen LogP contribution in [0.1, 0.15) is 62.0 Å². The largest absolute Gasteiger partial charge is 0.361 e. The first-order valence-corrected chi connectivity index (χ1v) is 9.52. The van der Waals surface area contributed by atoms with Crippen molar-refractivity contribution in [3.63, 3.8) is 0 Å². The van der Waals surface area contributed by atoms with Crippen molar-refractivity contribution < 1.29 is 14.1 Å². The zero-order chi connectivity index (χ0) is 17.8. The number of carbonyl (C=O) groups is 2. The standard InChI is InChI=1S/C19H29N3O3/c1-13-17(14(2)25-21-13)8-9-18(23)20-16-10-19(24)22(12-16)11-15-6-4-3-5-7-15/h15-16H,3-12H2,1-2H3,(H,20,23). The van der Waals surface area contributed by atoms with Gasteiger partial charge in [-0.05, 0) is 39.0 Å². The Morgan fingerprint density at radius 2 is 2.04 bits per heavy atom. The summed E-state index contributed by atoms with van der Waals surface area (Å²) in [4.78, 5) is 26.4. The Hall–Kier alpha value is -1.85. The first-order chi connectivity index (χ1) is 12.0. The van der Waals surface area contributed by atoms with Gasteiger partial charge in [-0.3, -0.25) is 9.59 Å². The number of aryl methyl sites for hydroxylation is 2. The van der Waals surface area contributed by atoms with Gasteiger partial charge < -0.3 is 14.7 Å². The summed E-state index contributed by atoms with van der Waals surface area (Å²) in [7, 11) is 0. The molecule has 1 saturated carbocycles. The Morgan fingerprint density at radius 3 is 2.72 bits per heavy atom. The Balaban J connectivity index is 1.43. The van der Waals surface area contributed by atoms with Gasteiger partial charge in [0, 0.05) is 31.5 Å². The molecule has 0 radical (unpaired) electrons. The number of hydrogen-bond acceptors (Lipinski definition) is 4. The third kappa shape index (κ3) is 4.61. The zero-order valence-corrected chi connectivity index (χ0v) is 15.3. The van der Waals surface area contributed by atoms with E-state index in [2.05, 4.69) is 10.5 Å². The van der Waals surface area contributed by atoms with Crippen molar-refractivity contribution in [2.45, 2.75) is 71.3 Å². The second kappa shape index (κ2) is 8.02. The SMILES string of the molecule is Cc1noc(C)c1CCC(=O)NC1CC(=O)N(CC2CCCCC2)C1. The van der Waals surface area contributed by atoms with E-state index in [1.54, 1.807) is 0 Å². The lowest BCUT2D eigenvalue weighted by molar-refractivity contribution is -0.128. The molecule has 2 heterocycles. The van der Waals surface area contributed by atoms with Gasteiger partial charge in [0.2, 0.25) is 11.8 Å². The smallest absolute Gasteiger partial charge is 0.224 e. The molecule has 0 spiro atoms. The second-order valence-electron chi connectivity index (χ2n) is 7.57. The highest BCUT2D eigenvalue weighted by molar-refractivity contribution is 5.82. The highest BCUT2D eigenvalue weighted by Gasteiger charge is 2.32. The van der Waals surface area contributed by atoms with Crippen molar-refractivity contribution in [2.75, 3.05) is 13.1 Å². The van der Waals surface area contributed by atoms with Crippen LogP contribution in [0.3, 0.4) is 0 Å². The Kier molecular flexibility index (Phi) is 5.76. The average Bonchev–Trinajstić information content (AvgIpc) is 3.09. The number of nitrogens with zero attached hydrogens (tertiary/aromatic N) is 2. The molecule has 1 atom stereocenters. The molecule has 1 saturated heterocycles. The number of amides is 2. The molecule has 3 rings (SSSR count). The van der Waals surface area contributed by atoms with Crippen LogP contribution in [0.2, 0.25) is 0 Å². The highest BCUT2D eigenvalue weighted by atomic mass is 16.5. The quantitative estimate of drug-likeness (QED) is 0.858. The van der Waals surface area contributed by atoms with Gasteiger partial charge in [-0.15, -0.1) is 0 Å². The van der Waals surface area contributed by atoms with Crippen LogP contribution in [0.5, 0.6) is 0 Å². The summed E-state index contributed by atoms with van der Waals surface area (Å²) in [6, 6.07) is -0.0479. The predicted molar refractivity (Wildman–Crippen MR) is 94.0 cm³/mol. The van der Waals surface area contributed by atoms with Crippen LogP contribution in [-0.4, -0.2) is 41.0 Å². The van der Waals surface area contributed by atoms with E-state index in [9.17, 15) is 9.59 Å². The number of nitrogens with one attached hydrogen (secondary N) is 1. The van der Waals surface area contributed by atoms with Gasteiger partial charge in [-0.1, -0.05) is 24.4 Å². The van der Waals surface area contributed by atoms with Crippen molar-refractivity contribution in [1.82, 2.24) is 15.4 Å². The Morgan fingerprint density at radius 1 is 1.28 bits per heavy atom. The molecule has 0 aromatic carbocycles. The lowest BCUT2D eigenvalue weighted by Crippen LogP contribution is -2.38. The summed E-state index contributed by atoms with van der Waals surface area (Å²) in [5.74, 6) is 1.60. The molecular formula is C19H29N3O3. The maximum Gasteiger partial charge on any atom is 0.224 e. The number of likely N-dealkylation sites (tertiary alicyclic amines) is 1. The van der Waals surface area contributed by atoms with Crippen LogP contribution in [0.4, 0.5) is 0 Å². The van der Waals surface area contributed by atoms with Gasteiger partial charge >= 0.3 is 0 Å². The van der Waals surface area contributed by atoms with Crippen molar-refractivity contribution in [2.24, 2.45) is 5.92 Å². The third-order valence-corrected chi connectivity index (χ3v) is 5.57. The predicted octanol–water partition coefficient (Wildman–Crippen LogP) is 2.52. The molecule has 6 heteroatoms. The van der Waals surface area contributed by atoms with E-state index in [-0.39, 0.29) is 17.9 Å². The van der Waals surface area contributed by atoms with Crippen LogP contribution in [0, 0.1) is 19.8 Å². The Labute approximate surface area is 149 Å². The molecule has 1 aliphatic carbocycles. The van der Waals surface area contributed by atoms with E-state index in [1.807, 2.05) is 18.7 Å². The summed E-state index contributed by atoms with van der Waals surface area (Å²) in [6.45, 7) is 5.28. The fourth-order valence-electron chi connectivity index (χ4n) is 4.12. The summed E-state index contributed by atoms with van der Waals surface area (Å²) >= 11 is 0. The second-order valence-corrected chi connectivity index (χ2v) is 7.57. The van der Waals surface area contributed by atoms with Gasteiger partial charge in [0.25, 0.3) is 0 Å². The molecule has 2 aliphatic rings. The first-order valence-electron chi connectivity index (χ1n) is 9.52. The number of aromatic nitrogens is 1. The minimum Gasteiger partial charge on any atom is -0.361 e. The van der Waals surface area contributed by atoms with Crippen molar-refractivity contribution >= 4 is 11.8 Å². The number of hydrogen-bond donors (Lipinski definition) is 1. The van der Waals surface area contributed by atoms with E-state index in [0.29, 0.717) is 31.7 Å². The minimum atomic E-state index is -0.0479. The topological polar surface area (TPSA) is 75.4 Å². The minimum absolute atomic E-state index is 0.00248. The molecule has 1 aromatic rings. The van der Waals surface area contributed by atoms with Gasteiger partial charge in [0.1, 0.15) is 5.76 Å². The van der Waals surface area contributed by atoms with Crippen LogP contribution in [0.25, 0.3) is 0 Å². The van der Waals surface area contributed by atoms with Crippen molar-refractivity contribution in [3.05, 3.63) is 17.0 Å². The van der Waals surface area contributed by atoms with Gasteiger partial charge in [-0.2, -0.15) is 0 Å². The molecule has 1 unspecified atom stereocenters. The number of carbonyl (C=O) groups excluding carboxylic acids is 2. The lowest BCUT2D eigenvalue weighted by atomic mass is 9.89. The van der Waals surface area contributed by atoms with E-state index < -0.39 is 0 Å². The molecular weight excluding hydrogens is 318 g/mol. The molecule has 1 aromatic heterocycles. The zero-order valence-electron chi connectivity index (χ0n) is 15.3. The molecule has 25 heavy (non-hydrogen) atoms. The lowest BCUT2D eigenvalue weighted by Gasteiger charge is -2.27. The highest BCUT2D eigenvalue weighted by Crippen LogP contribution is 2.26. The van der Waals surface area contributed by atoms with Crippen LogP contribution < -0.4 is 5.32 Å². The fraction of sp³-hybridized carbons (Fsp3) is 0.737. The third-order valence-electron chi connectivity index (χ3n) is 5.57. The van der Waals surface area contributed by atoms with Gasteiger partial charge in [-0.25, -0.2) is 0 Å². The summed E-state index contributed by atoms with van der Waals surface area (Å²) in [5.41, 5.74) is 1.86. The summed E-state index contributed by atoms with van der Waals surface area (Å²) < 4.78 is 5.13. The van der Waals surface area contributed by atoms with Gasteiger partial charge in [0.15, 0.2) is 0 Å². The van der Waals surface area contributed by atoms with Gasteiger partial charge in [0.05, 0.1) is 11.7 Å². The van der Waals surface area contributed by atoms with E-state index >= 15 is 0 Å². The first kappa shape index (κ1) is 18.0. The van der Waals surface area contributed by atoms with Crippen LogP contribution in [0.15, 0.2) is 4.52 Å². The van der Waals surface area contributed by atoms with Crippen LogP contribution >= 0.6 is 0 Å². The molecule has 138 valence electrons. The van der Waals surface area contributed by atoms with Crippen molar-refractivity contribution in [3.8, 4) is 0 Å². The Bertz CT molecular complexity index is 600. The number of rotatable bonds is 6. The van der Waals surface area contributed by atoms with Crippen LogP contribution in [-0.2, 0) is 16.0 Å². The molecule has 1 N–H and O–H groups in total. The molecule has 0 bridgehead atoms. The van der Waals surface area contributed by atoms with E-state index in [4.69, 9.17) is 4.52 Å². The van der Waals surface area contributed by atoms with E-state index in [1.165, 1.54) is 32.1 Å². The normalized spacial score (nSPS) is 21.8. The van der Waals surface area contributed by atoms with E-state index in [0.717, 1.165) is 23.6 Å². The monoisotopic (exact) mass is 347 g/mol. The average molecular weight is 347 g/mol. The maximum atomic E-state index is 12.2. The summed E-state index contributed by atoms with van der Waals surface area (Å²) in [5, 5.41) is 6.94. The van der Waals surface area contributed by atoms with Crippen molar-refractivity contribution in [1.29, 1.82) is 0 Å². The summed E-state index contributed by atoms with van der Waals surface area (Å²) in [6.07, 6.45) is 7.83. The molecule has 2 amide bonds. The fourth-order valence-corrected chi connectivity index (χ4v) is 4.12. The molecule has 2 fully saturated rings. The molecule has 6 nitrogen and oxygen atoms in total. The molecule has 1 aliphatic heterocycles.